The fourth-order valence-electron chi connectivity index (χ4n) is 5.94. The molecule has 2 aliphatic rings. The molecule has 2 aromatic carbocycles. The summed E-state index contributed by atoms with van der Waals surface area (Å²) in [7, 11) is 0. The minimum atomic E-state index is -0.750. The molecule has 230 valence electrons. The van der Waals surface area contributed by atoms with Gasteiger partial charge >= 0.3 is 6.09 Å². The summed E-state index contributed by atoms with van der Waals surface area (Å²) in [6.45, 7) is 12.8. The molecule has 0 N–H and O–H groups in total. The van der Waals surface area contributed by atoms with E-state index < -0.39 is 28.8 Å². The molecule has 0 saturated carbocycles. The fraction of sp³-hybridized carbons (Fsp3) is 0.485. The van der Waals surface area contributed by atoms with Crippen LogP contribution in [-0.4, -0.2) is 68.8 Å². The number of amides is 2. The molecule has 0 radical (unpaired) electrons. The van der Waals surface area contributed by atoms with Crippen LogP contribution >= 0.6 is 0 Å². The number of ether oxygens (including phenoxy) is 2. The molecule has 2 aliphatic heterocycles. The van der Waals surface area contributed by atoms with Crippen LogP contribution in [0.3, 0.4) is 0 Å². The van der Waals surface area contributed by atoms with Gasteiger partial charge in [-0.2, -0.15) is 0 Å². The first-order valence-electron chi connectivity index (χ1n) is 14.6. The molecule has 0 bridgehead atoms. The highest BCUT2D eigenvalue weighted by Crippen LogP contribution is 2.42. The Morgan fingerprint density at radius 1 is 1.05 bits per heavy atom. The zero-order valence-electron chi connectivity index (χ0n) is 25.7. The number of imidazole rings is 1. The van der Waals surface area contributed by atoms with Crippen LogP contribution < -0.4 is 0 Å². The van der Waals surface area contributed by atoms with Crippen molar-refractivity contribution in [2.45, 2.75) is 71.8 Å². The zero-order valence-corrected chi connectivity index (χ0v) is 25.7. The molecule has 1 aromatic heterocycles. The molecule has 10 heteroatoms. The average molecular weight is 595 g/mol. The van der Waals surface area contributed by atoms with Gasteiger partial charge < -0.3 is 23.8 Å². The first-order valence-corrected chi connectivity index (χ1v) is 14.6. The van der Waals surface area contributed by atoms with Gasteiger partial charge in [0.15, 0.2) is 0 Å². The van der Waals surface area contributed by atoms with Gasteiger partial charge in [-0.1, -0.05) is 45.0 Å². The van der Waals surface area contributed by atoms with E-state index in [1.54, 1.807) is 23.1 Å². The number of rotatable bonds is 5. The van der Waals surface area contributed by atoms with E-state index in [4.69, 9.17) is 14.5 Å². The van der Waals surface area contributed by atoms with E-state index in [1.165, 1.54) is 24.3 Å². The molecule has 3 aromatic rings. The Morgan fingerprint density at radius 2 is 1.74 bits per heavy atom. The Hall–Kier alpha value is -3.79. The minimum absolute atomic E-state index is 0.129. The van der Waals surface area contributed by atoms with Crippen molar-refractivity contribution in [1.82, 2.24) is 19.4 Å². The lowest BCUT2D eigenvalue weighted by Gasteiger charge is -2.47. The summed E-state index contributed by atoms with van der Waals surface area (Å²) >= 11 is 0. The van der Waals surface area contributed by atoms with Crippen LogP contribution in [0.15, 0.2) is 54.7 Å². The smallest absolute Gasteiger partial charge is 0.410 e. The van der Waals surface area contributed by atoms with Crippen molar-refractivity contribution in [3.63, 3.8) is 0 Å². The highest BCUT2D eigenvalue weighted by Gasteiger charge is 2.50. The van der Waals surface area contributed by atoms with Crippen molar-refractivity contribution >= 4 is 12.0 Å². The highest BCUT2D eigenvalue weighted by atomic mass is 19.1. The van der Waals surface area contributed by atoms with E-state index in [0.717, 1.165) is 5.56 Å². The van der Waals surface area contributed by atoms with Crippen LogP contribution in [0.2, 0.25) is 0 Å². The van der Waals surface area contributed by atoms with Crippen molar-refractivity contribution in [3.05, 3.63) is 77.8 Å². The topological polar surface area (TPSA) is 76.9 Å². The second-order valence-electron chi connectivity index (χ2n) is 13.7. The normalized spacial score (nSPS) is 20.1. The Bertz CT molecular complexity index is 1510. The van der Waals surface area contributed by atoms with Crippen molar-refractivity contribution < 1.29 is 27.8 Å². The Kier molecular flexibility index (Phi) is 8.11. The Morgan fingerprint density at radius 3 is 2.40 bits per heavy atom. The summed E-state index contributed by atoms with van der Waals surface area (Å²) in [5.41, 5.74) is 0.0120. The highest BCUT2D eigenvalue weighted by molar-refractivity contribution is 5.79. The third kappa shape index (κ3) is 6.90. The molecule has 0 aliphatic carbocycles. The van der Waals surface area contributed by atoms with E-state index in [9.17, 15) is 18.4 Å². The van der Waals surface area contributed by atoms with Crippen LogP contribution in [0.25, 0.3) is 11.3 Å². The standard InChI is InChI=1S/C33H40F2N4O4/c1-31(2,3)28(39-21-33(42-19-27(39)40)13-14-37(20-33)30(41)43-32(4,5)6)29-36-26(23-10-8-12-25(35)16-23)18-38(29)17-22-9-7-11-24(34)15-22/h7-12,15-16,18,28H,13-14,17,19-21H2,1-6H3/t28-,33?/m0/s1. The number of nitrogens with zero attached hydrogens (tertiary/aromatic N) is 4. The van der Waals surface area contributed by atoms with E-state index in [1.807, 2.05) is 63.3 Å². The first-order chi connectivity index (χ1) is 20.1. The van der Waals surface area contributed by atoms with Crippen LogP contribution in [0.1, 0.15) is 65.4 Å². The number of carbonyl (C=O) groups is 2. The second-order valence-corrected chi connectivity index (χ2v) is 13.7. The zero-order chi connectivity index (χ0) is 31.2. The van der Waals surface area contributed by atoms with Crippen molar-refractivity contribution in [3.8, 4) is 11.3 Å². The summed E-state index contributed by atoms with van der Waals surface area (Å²) in [4.78, 5) is 34.9. The van der Waals surface area contributed by atoms with Gasteiger partial charge in [-0.25, -0.2) is 18.6 Å². The number of likely N-dealkylation sites (tertiary alicyclic amines) is 1. The van der Waals surface area contributed by atoms with Crippen LogP contribution in [0.4, 0.5) is 13.6 Å². The largest absolute Gasteiger partial charge is 0.444 e. The molecule has 3 heterocycles. The number of hydrogen-bond donors (Lipinski definition) is 0. The first kappa shape index (κ1) is 30.7. The molecule has 2 saturated heterocycles. The summed E-state index contributed by atoms with van der Waals surface area (Å²) in [6, 6.07) is 12.0. The van der Waals surface area contributed by atoms with Crippen molar-refractivity contribution in [1.29, 1.82) is 0 Å². The lowest BCUT2D eigenvalue weighted by Crippen LogP contribution is -2.58. The second kappa shape index (κ2) is 11.4. The molecule has 5 rings (SSSR count). The number of benzene rings is 2. The molecule has 2 atom stereocenters. The molecule has 2 fully saturated rings. The van der Waals surface area contributed by atoms with E-state index >= 15 is 0 Å². The number of carbonyl (C=O) groups excluding carboxylic acids is 2. The van der Waals surface area contributed by atoms with Gasteiger partial charge in [0.05, 0.1) is 24.8 Å². The van der Waals surface area contributed by atoms with Crippen molar-refractivity contribution in [2.24, 2.45) is 5.41 Å². The minimum Gasteiger partial charge on any atom is -0.444 e. The lowest BCUT2D eigenvalue weighted by atomic mass is 9.83. The predicted molar refractivity (Wildman–Crippen MR) is 158 cm³/mol. The molecular formula is C33H40F2N4O4. The quantitative estimate of drug-likeness (QED) is 0.352. The van der Waals surface area contributed by atoms with Gasteiger partial charge in [-0.15, -0.1) is 0 Å². The Labute approximate surface area is 251 Å². The number of halogens is 2. The average Bonchev–Trinajstić information content (AvgIpc) is 3.50. The molecule has 43 heavy (non-hydrogen) atoms. The summed E-state index contributed by atoms with van der Waals surface area (Å²) < 4.78 is 42.0. The van der Waals surface area contributed by atoms with Gasteiger partial charge in [-0.3, -0.25) is 4.79 Å². The fourth-order valence-corrected chi connectivity index (χ4v) is 5.94. The Balaban J connectivity index is 1.53. The third-order valence-electron chi connectivity index (χ3n) is 7.79. The molecular weight excluding hydrogens is 554 g/mol. The summed E-state index contributed by atoms with van der Waals surface area (Å²) in [5.74, 6) is -0.317. The van der Waals surface area contributed by atoms with E-state index in [-0.39, 0.29) is 30.7 Å². The van der Waals surface area contributed by atoms with Crippen LogP contribution in [-0.2, 0) is 20.8 Å². The number of morpholine rings is 1. The van der Waals surface area contributed by atoms with Gasteiger partial charge in [0.2, 0.25) is 5.91 Å². The van der Waals surface area contributed by atoms with E-state index in [2.05, 4.69) is 0 Å². The van der Waals surface area contributed by atoms with Gasteiger partial charge in [0, 0.05) is 24.8 Å². The molecule has 1 spiro atoms. The van der Waals surface area contributed by atoms with Gasteiger partial charge in [0.1, 0.15) is 35.3 Å². The van der Waals surface area contributed by atoms with Crippen LogP contribution in [0, 0.1) is 17.0 Å². The van der Waals surface area contributed by atoms with Crippen molar-refractivity contribution in [2.75, 3.05) is 26.2 Å². The monoisotopic (exact) mass is 594 g/mol. The van der Waals surface area contributed by atoms with E-state index in [0.29, 0.717) is 43.1 Å². The number of aromatic nitrogens is 2. The molecule has 2 amide bonds. The summed E-state index contributed by atoms with van der Waals surface area (Å²) in [5, 5.41) is 0. The maximum Gasteiger partial charge on any atom is 0.410 e. The molecule has 8 nitrogen and oxygen atoms in total. The van der Waals surface area contributed by atoms with Crippen LogP contribution in [0.5, 0.6) is 0 Å². The maximum absolute atomic E-state index is 14.2. The molecule has 1 unspecified atom stereocenters. The van der Waals surface area contributed by atoms with Gasteiger partial charge in [-0.05, 0) is 62.4 Å². The summed E-state index contributed by atoms with van der Waals surface area (Å²) in [6.07, 6.45) is 1.97. The van der Waals surface area contributed by atoms with Gasteiger partial charge in [0.25, 0.3) is 0 Å². The maximum atomic E-state index is 14.2. The lowest BCUT2D eigenvalue weighted by molar-refractivity contribution is -0.170. The third-order valence-corrected chi connectivity index (χ3v) is 7.79. The predicted octanol–water partition coefficient (Wildman–Crippen LogP) is 6.20. The number of hydrogen-bond acceptors (Lipinski definition) is 5. The SMILES string of the molecule is CC(C)(C)OC(=O)N1CCC2(C1)CN([C@@H](c1nc(-c3cccc(F)c3)cn1Cc1cccc(F)c1)C(C)(C)C)C(=O)CO2.